The molecule has 0 spiro atoms. The number of ether oxygens (including phenoxy) is 1. The Morgan fingerprint density at radius 3 is 1.83 bits per heavy atom. The predicted octanol–water partition coefficient (Wildman–Crippen LogP) is 6.87. The first kappa shape index (κ1) is 22.7. The Hall–Kier alpha value is -1.33. The van der Waals surface area contributed by atoms with Crippen LogP contribution in [-0.2, 0) is 19.5 Å². The summed E-state index contributed by atoms with van der Waals surface area (Å²) in [6.45, 7) is 0. The van der Waals surface area contributed by atoms with Crippen LogP contribution in [0, 0.1) is 6.42 Å². The number of benzene rings is 1. The average molecular weight is 458 g/mol. The number of hydrogen-bond donors (Lipinski definition) is 1. The molecule has 0 saturated heterocycles. The molecule has 2 nitrogen and oxygen atoms in total. The number of hydrogen-bond acceptors (Lipinski definition) is 1. The molecule has 1 N–H and O–H groups in total. The number of allylic oxidation sites excluding steroid dienone is 4. The van der Waals surface area contributed by atoms with Crippen molar-refractivity contribution in [1.82, 2.24) is 4.98 Å². The van der Waals surface area contributed by atoms with Crippen molar-refractivity contribution in [2.75, 3.05) is 7.11 Å². The van der Waals surface area contributed by atoms with Crippen molar-refractivity contribution in [2.45, 2.75) is 0 Å². The molecule has 0 unspecified atom stereocenters. The maximum atomic E-state index is 9.87. The molecule has 1 aliphatic carbocycles. The molecule has 3 rings (SSSR count). The molecule has 1 aliphatic rings. The van der Waals surface area contributed by atoms with Crippen LogP contribution in [0.5, 0.6) is 5.75 Å². The first-order valence-corrected chi connectivity index (χ1v) is 8.23. The summed E-state index contributed by atoms with van der Waals surface area (Å²) in [6, 6.07) is 7.96. The first-order chi connectivity index (χ1) is 10.4. The zero-order valence-corrected chi connectivity index (χ0v) is 14.9. The Labute approximate surface area is 147 Å². The molecule has 0 amide bonds. The maximum Gasteiger partial charge on any atom is 1.00 e. The number of H-pyrrole nitrogens is 1. The Balaban J connectivity index is 0.000000354. The third kappa shape index (κ3) is 12.1. The predicted molar refractivity (Wildman–Crippen MR) is 81.0 cm³/mol. The molecule has 0 saturated carbocycles. The van der Waals surface area contributed by atoms with Crippen molar-refractivity contribution in [2.24, 2.45) is 0 Å². The van der Waals surface area contributed by atoms with E-state index in [4.69, 9.17) is 4.74 Å². The SMILES string of the molecule is COc1cccc2[nH]ccc12.F[P-](F)(F)(F)(F)F.[CH]1C=CC=C1.[Ru+]. The quantitative estimate of drug-likeness (QED) is 0.282. The summed E-state index contributed by atoms with van der Waals surface area (Å²) in [6.07, 6.45) is 11.9. The second kappa shape index (κ2) is 7.70. The van der Waals surface area contributed by atoms with Gasteiger partial charge >= 0.3 is 52.5 Å². The van der Waals surface area contributed by atoms with Gasteiger partial charge in [0.05, 0.1) is 7.11 Å². The van der Waals surface area contributed by atoms with E-state index in [0.29, 0.717) is 0 Å². The smallest absolute Gasteiger partial charge is 0.0767 e. The number of rotatable bonds is 1. The van der Waals surface area contributed by atoms with Gasteiger partial charge in [-0.25, -0.2) is 0 Å². The minimum absolute atomic E-state index is 0. The normalized spacial score (nSPS) is 15.1. The fourth-order valence-electron chi connectivity index (χ4n) is 1.56. The molecule has 0 atom stereocenters. The monoisotopic (exact) mass is 459 g/mol. The van der Waals surface area contributed by atoms with E-state index in [0.717, 1.165) is 16.7 Å². The van der Waals surface area contributed by atoms with Crippen LogP contribution in [0.4, 0.5) is 25.2 Å². The molecule has 0 bridgehead atoms. The average Bonchev–Trinajstić information content (AvgIpc) is 3.08. The fourth-order valence-corrected chi connectivity index (χ4v) is 1.56. The molecule has 1 heterocycles. The van der Waals surface area contributed by atoms with Gasteiger partial charge in [-0.15, -0.1) is 0 Å². The van der Waals surface area contributed by atoms with Crippen LogP contribution in [-0.4, -0.2) is 12.1 Å². The van der Waals surface area contributed by atoms with Crippen molar-refractivity contribution < 1.29 is 49.4 Å². The largest absolute Gasteiger partial charge is 1.00 e. The topological polar surface area (TPSA) is 25.0 Å². The van der Waals surface area contributed by atoms with Gasteiger partial charge in [0, 0.05) is 23.5 Å². The van der Waals surface area contributed by atoms with Gasteiger partial charge in [0.25, 0.3) is 0 Å². The molecular weight excluding hydrogens is 444 g/mol. The first-order valence-electron chi connectivity index (χ1n) is 6.20. The minimum Gasteiger partial charge on any atom is -0.0767 e. The maximum absolute atomic E-state index is 10.7. The Morgan fingerprint density at radius 1 is 0.875 bits per heavy atom. The van der Waals surface area contributed by atoms with Gasteiger partial charge in [-0.05, 0) is 18.2 Å². The molecular formula is C14H14F6NOPRu. The van der Waals surface area contributed by atoms with Crippen LogP contribution in [0.25, 0.3) is 10.9 Å². The van der Waals surface area contributed by atoms with Gasteiger partial charge in [-0.2, -0.15) is 0 Å². The number of aromatic amines is 1. The third-order valence-corrected chi connectivity index (χ3v) is 2.33. The van der Waals surface area contributed by atoms with E-state index in [9.17, 15) is 25.2 Å². The van der Waals surface area contributed by atoms with Gasteiger partial charge in [0.2, 0.25) is 0 Å². The van der Waals surface area contributed by atoms with E-state index in [2.05, 4.69) is 4.98 Å². The summed E-state index contributed by atoms with van der Waals surface area (Å²) in [5.74, 6) is 0.920. The van der Waals surface area contributed by atoms with Crippen LogP contribution < -0.4 is 4.74 Å². The Morgan fingerprint density at radius 2 is 1.42 bits per heavy atom. The van der Waals surface area contributed by atoms with Crippen molar-refractivity contribution in [3.63, 3.8) is 0 Å². The van der Waals surface area contributed by atoms with Crippen LogP contribution >= 0.6 is 7.81 Å². The standard InChI is InChI=1S/C9H9NO.C5H5.F6P.Ru/c1-11-9-4-2-3-8-7(9)5-6-10-8;1-2-4-5-3-1;1-7(2,3,4,5)6;/h2-6,10H,1H3;1-5H;;/q;;-1;+1. The van der Waals surface area contributed by atoms with Crippen LogP contribution in [0.2, 0.25) is 0 Å². The minimum atomic E-state index is -10.7. The summed E-state index contributed by atoms with van der Waals surface area (Å²) in [5.41, 5.74) is 1.12. The second-order valence-electron chi connectivity index (χ2n) is 4.32. The van der Waals surface area contributed by atoms with Crippen molar-refractivity contribution >= 4 is 18.7 Å². The summed E-state index contributed by atoms with van der Waals surface area (Å²) < 4.78 is 64.4. The van der Waals surface area contributed by atoms with E-state index in [1.54, 1.807) is 7.11 Å². The van der Waals surface area contributed by atoms with Crippen LogP contribution in [0.15, 0.2) is 54.8 Å². The second-order valence-corrected chi connectivity index (χ2v) is 6.24. The summed E-state index contributed by atoms with van der Waals surface area (Å²) in [4.78, 5) is 3.11. The number of methoxy groups -OCH3 is 1. The fraction of sp³-hybridized carbons (Fsp3) is 0.0714. The van der Waals surface area contributed by atoms with Gasteiger partial charge in [-0.3, -0.25) is 0 Å². The molecule has 136 valence electrons. The summed E-state index contributed by atoms with van der Waals surface area (Å²) >= 11 is 0. The van der Waals surface area contributed by atoms with E-state index in [1.807, 2.05) is 61.2 Å². The van der Waals surface area contributed by atoms with Crippen molar-refractivity contribution in [1.29, 1.82) is 0 Å². The number of fused-ring (bicyclic) bond motifs is 1. The van der Waals surface area contributed by atoms with Crippen LogP contribution in [0.1, 0.15) is 0 Å². The molecule has 1 aromatic heterocycles. The number of aromatic nitrogens is 1. The summed E-state index contributed by atoms with van der Waals surface area (Å²) in [5, 5.41) is 1.13. The van der Waals surface area contributed by atoms with E-state index in [-0.39, 0.29) is 19.5 Å². The van der Waals surface area contributed by atoms with Gasteiger partial charge in [0.15, 0.2) is 0 Å². The molecule has 1 aromatic carbocycles. The molecule has 0 fully saturated rings. The zero-order chi connectivity index (χ0) is 17.6. The third-order valence-electron chi connectivity index (χ3n) is 2.33. The number of nitrogens with one attached hydrogen (secondary N) is 1. The van der Waals surface area contributed by atoms with Gasteiger partial charge in [0.1, 0.15) is 5.75 Å². The Bertz CT molecular complexity index is 687. The molecule has 2 radical (unpaired) electrons. The number of halogens is 6. The van der Waals surface area contributed by atoms with Gasteiger partial charge < -0.3 is 9.72 Å². The molecule has 24 heavy (non-hydrogen) atoms. The van der Waals surface area contributed by atoms with Crippen LogP contribution in [0.3, 0.4) is 0 Å². The summed E-state index contributed by atoms with van der Waals surface area (Å²) in [7, 11) is -8.98. The van der Waals surface area contributed by atoms with E-state index < -0.39 is 7.81 Å². The van der Waals surface area contributed by atoms with Crippen molar-refractivity contribution in [3.8, 4) is 5.75 Å². The Kier molecular flexibility index (Phi) is 7.28. The van der Waals surface area contributed by atoms with E-state index >= 15 is 0 Å². The molecule has 2 aromatic rings. The molecule has 0 aliphatic heterocycles. The van der Waals surface area contributed by atoms with E-state index in [1.165, 1.54) is 0 Å². The van der Waals surface area contributed by atoms with Gasteiger partial charge in [-0.1, -0.05) is 30.4 Å². The molecule has 10 heteroatoms. The van der Waals surface area contributed by atoms with Crippen molar-refractivity contribution in [3.05, 3.63) is 61.2 Å². The zero-order valence-electron chi connectivity index (χ0n) is 12.3.